The van der Waals surface area contributed by atoms with Crippen molar-refractivity contribution < 1.29 is 9.53 Å². The largest absolute Gasteiger partial charge is 0.444 e. The van der Waals surface area contributed by atoms with Crippen LogP contribution in [0, 0.1) is 6.92 Å². The number of hydrogen-bond donors (Lipinski definition) is 0. The van der Waals surface area contributed by atoms with E-state index in [9.17, 15) is 4.79 Å². The lowest BCUT2D eigenvalue weighted by atomic mass is 10.2. The lowest BCUT2D eigenvalue weighted by molar-refractivity contribution is 0.148. The predicted octanol–water partition coefficient (Wildman–Crippen LogP) is 4.53. The molecule has 3 nitrogen and oxygen atoms in total. The fraction of sp³-hybridized carbons (Fsp3) is 0.188. The van der Waals surface area contributed by atoms with E-state index in [-0.39, 0.29) is 12.7 Å². The van der Waals surface area contributed by atoms with Gasteiger partial charge < -0.3 is 4.74 Å². The average Bonchev–Trinajstić information content (AvgIpc) is 2.45. The summed E-state index contributed by atoms with van der Waals surface area (Å²) in [6.45, 7) is 2.24. The number of aryl methyl sites for hydroxylation is 1. The lowest BCUT2D eigenvalue weighted by Gasteiger charge is -2.19. The van der Waals surface area contributed by atoms with Crippen LogP contribution in [0.3, 0.4) is 0 Å². The molecule has 1 amide bonds. The Morgan fingerprint density at radius 1 is 1.20 bits per heavy atom. The van der Waals surface area contributed by atoms with Gasteiger partial charge in [0.15, 0.2) is 0 Å². The van der Waals surface area contributed by atoms with Crippen LogP contribution in [-0.4, -0.2) is 13.1 Å². The van der Waals surface area contributed by atoms with Gasteiger partial charge in [-0.1, -0.05) is 46.3 Å². The zero-order valence-corrected chi connectivity index (χ0v) is 13.1. The van der Waals surface area contributed by atoms with E-state index in [4.69, 9.17) is 4.74 Å². The van der Waals surface area contributed by atoms with Gasteiger partial charge in [-0.2, -0.15) is 0 Å². The molecule has 4 heteroatoms. The van der Waals surface area contributed by atoms with Gasteiger partial charge in [-0.15, -0.1) is 0 Å². The monoisotopic (exact) mass is 333 g/mol. The van der Waals surface area contributed by atoms with Crippen molar-refractivity contribution in [3.05, 3.63) is 64.1 Å². The molecule has 0 atom stereocenters. The van der Waals surface area contributed by atoms with E-state index >= 15 is 0 Å². The Labute approximate surface area is 127 Å². The van der Waals surface area contributed by atoms with Gasteiger partial charge in [0, 0.05) is 17.2 Å². The van der Waals surface area contributed by atoms with Crippen LogP contribution < -0.4 is 4.90 Å². The molecule has 0 aliphatic carbocycles. The number of ether oxygens (including phenoxy) is 1. The van der Waals surface area contributed by atoms with Crippen LogP contribution in [-0.2, 0) is 11.3 Å². The zero-order chi connectivity index (χ0) is 14.5. The third kappa shape index (κ3) is 3.61. The highest BCUT2D eigenvalue weighted by atomic mass is 79.9. The van der Waals surface area contributed by atoms with E-state index in [1.807, 2.05) is 55.5 Å². The minimum Gasteiger partial charge on any atom is -0.444 e. The van der Waals surface area contributed by atoms with Crippen LogP contribution in [0.25, 0.3) is 0 Å². The van der Waals surface area contributed by atoms with Crippen molar-refractivity contribution in [2.45, 2.75) is 13.5 Å². The molecule has 0 bridgehead atoms. The molecule has 0 aliphatic rings. The Balaban J connectivity index is 2.01. The maximum absolute atomic E-state index is 12.0. The highest BCUT2D eigenvalue weighted by Gasteiger charge is 2.14. The second kappa shape index (κ2) is 6.57. The van der Waals surface area contributed by atoms with Crippen LogP contribution in [0.4, 0.5) is 10.5 Å². The van der Waals surface area contributed by atoms with Crippen molar-refractivity contribution in [3.63, 3.8) is 0 Å². The Morgan fingerprint density at radius 2 is 1.90 bits per heavy atom. The third-order valence-electron chi connectivity index (χ3n) is 3.00. The van der Waals surface area contributed by atoms with Crippen LogP contribution in [0.2, 0.25) is 0 Å². The number of amides is 1. The highest BCUT2D eigenvalue weighted by Crippen LogP contribution is 2.23. The molecular weight excluding hydrogens is 318 g/mol. The molecule has 0 N–H and O–H groups in total. The van der Waals surface area contributed by atoms with E-state index in [0.717, 1.165) is 21.3 Å². The lowest BCUT2D eigenvalue weighted by Crippen LogP contribution is -2.27. The number of halogens is 1. The van der Waals surface area contributed by atoms with Gasteiger partial charge in [0.1, 0.15) is 6.61 Å². The quantitative estimate of drug-likeness (QED) is 0.825. The van der Waals surface area contributed by atoms with Crippen molar-refractivity contribution in [3.8, 4) is 0 Å². The first-order valence-corrected chi connectivity index (χ1v) is 7.08. The Kier molecular flexibility index (Phi) is 4.79. The van der Waals surface area contributed by atoms with Crippen molar-refractivity contribution in [1.82, 2.24) is 0 Å². The third-order valence-corrected chi connectivity index (χ3v) is 3.49. The SMILES string of the molecule is Cc1cc(Br)ccc1N(C)C(=O)OCc1ccccc1. The summed E-state index contributed by atoms with van der Waals surface area (Å²) in [5.74, 6) is 0. The van der Waals surface area contributed by atoms with E-state index in [0.29, 0.717) is 0 Å². The van der Waals surface area contributed by atoms with Gasteiger partial charge in [0.25, 0.3) is 0 Å². The summed E-state index contributed by atoms with van der Waals surface area (Å²) in [6.07, 6.45) is -0.362. The summed E-state index contributed by atoms with van der Waals surface area (Å²) >= 11 is 3.41. The smallest absolute Gasteiger partial charge is 0.414 e. The maximum atomic E-state index is 12.0. The fourth-order valence-electron chi connectivity index (χ4n) is 1.91. The molecular formula is C16H16BrNO2. The molecule has 0 saturated heterocycles. The first-order chi connectivity index (χ1) is 9.58. The molecule has 0 fully saturated rings. The summed E-state index contributed by atoms with van der Waals surface area (Å²) in [5.41, 5.74) is 2.83. The van der Waals surface area contributed by atoms with Crippen LogP contribution in [0.1, 0.15) is 11.1 Å². The minimum absolute atomic E-state index is 0.277. The maximum Gasteiger partial charge on any atom is 0.414 e. The first kappa shape index (κ1) is 14.6. The normalized spacial score (nSPS) is 10.2. The number of anilines is 1. The molecule has 0 aromatic heterocycles. The second-order valence-corrected chi connectivity index (χ2v) is 5.45. The van der Waals surface area contributed by atoms with Gasteiger partial charge in [0.2, 0.25) is 0 Å². The van der Waals surface area contributed by atoms with Crippen molar-refractivity contribution in [2.75, 3.05) is 11.9 Å². The van der Waals surface area contributed by atoms with Crippen LogP contribution in [0.15, 0.2) is 53.0 Å². The number of nitrogens with zero attached hydrogens (tertiary/aromatic N) is 1. The summed E-state index contributed by atoms with van der Waals surface area (Å²) in [6, 6.07) is 15.4. The molecule has 0 radical (unpaired) electrons. The van der Waals surface area contributed by atoms with Crippen LogP contribution >= 0.6 is 15.9 Å². The number of hydrogen-bond acceptors (Lipinski definition) is 2. The number of rotatable bonds is 3. The first-order valence-electron chi connectivity index (χ1n) is 6.28. The molecule has 0 heterocycles. The van der Waals surface area contributed by atoms with Crippen LogP contribution in [0.5, 0.6) is 0 Å². The molecule has 0 unspecified atom stereocenters. The number of benzene rings is 2. The molecule has 104 valence electrons. The predicted molar refractivity (Wildman–Crippen MR) is 83.9 cm³/mol. The highest BCUT2D eigenvalue weighted by molar-refractivity contribution is 9.10. The topological polar surface area (TPSA) is 29.5 Å². The van der Waals surface area contributed by atoms with Gasteiger partial charge in [-0.3, -0.25) is 4.90 Å². The Hall–Kier alpha value is -1.81. The zero-order valence-electron chi connectivity index (χ0n) is 11.5. The van der Waals surface area contributed by atoms with E-state index in [2.05, 4.69) is 15.9 Å². The van der Waals surface area contributed by atoms with Crippen molar-refractivity contribution in [2.24, 2.45) is 0 Å². The van der Waals surface area contributed by atoms with E-state index < -0.39 is 0 Å². The Morgan fingerprint density at radius 3 is 2.55 bits per heavy atom. The second-order valence-electron chi connectivity index (χ2n) is 4.53. The van der Waals surface area contributed by atoms with Gasteiger partial charge in [-0.25, -0.2) is 4.79 Å². The molecule has 0 saturated carbocycles. The molecule has 0 spiro atoms. The molecule has 2 aromatic rings. The summed E-state index contributed by atoms with van der Waals surface area (Å²) in [7, 11) is 1.71. The molecule has 20 heavy (non-hydrogen) atoms. The van der Waals surface area contributed by atoms with E-state index in [1.54, 1.807) is 7.05 Å². The molecule has 2 aromatic carbocycles. The van der Waals surface area contributed by atoms with Gasteiger partial charge in [0.05, 0.1) is 0 Å². The summed E-state index contributed by atoms with van der Waals surface area (Å²) < 4.78 is 6.30. The van der Waals surface area contributed by atoms with Gasteiger partial charge >= 0.3 is 6.09 Å². The average molecular weight is 334 g/mol. The van der Waals surface area contributed by atoms with E-state index in [1.165, 1.54) is 4.90 Å². The number of carbonyl (C=O) groups is 1. The standard InChI is InChI=1S/C16H16BrNO2/c1-12-10-14(17)8-9-15(12)18(2)16(19)20-11-13-6-4-3-5-7-13/h3-10H,11H2,1-2H3. The minimum atomic E-state index is -0.362. The summed E-state index contributed by atoms with van der Waals surface area (Å²) in [4.78, 5) is 13.6. The van der Waals surface area contributed by atoms with Crippen molar-refractivity contribution >= 4 is 27.7 Å². The molecule has 2 rings (SSSR count). The fourth-order valence-corrected chi connectivity index (χ4v) is 2.39. The molecule has 0 aliphatic heterocycles. The Bertz CT molecular complexity index is 599. The number of carbonyl (C=O) groups excluding carboxylic acids is 1. The van der Waals surface area contributed by atoms with Crippen molar-refractivity contribution in [1.29, 1.82) is 0 Å². The summed E-state index contributed by atoms with van der Waals surface area (Å²) in [5, 5.41) is 0. The van der Waals surface area contributed by atoms with Gasteiger partial charge in [-0.05, 0) is 36.2 Å².